The van der Waals surface area contributed by atoms with Crippen LogP contribution >= 0.6 is 11.8 Å². The molecule has 0 bridgehead atoms. The summed E-state index contributed by atoms with van der Waals surface area (Å²) in [4.78, 5) is 6.37. The van der Waals surface area contributed by atoms with Crippen LogP contribution < -0.4 is 0 Å². The first kappa shape index (κ1) is 18.8. The molecular weight excluding hydrogens is 360 g/mol. The van der Waals surface area contributed by atoms with Gasteiger partial charge in [0, 0.05) is 11.4 Å². The van der Waals surface area contributed by atoms with E-state index in [4.69, 9.17) is 4.98 Å². The molecule has 28 heavy (non-hydrogen) atoms. The minimum Gasteiger partial charge on any atom is -0.327 e. The second-order valence-electron chi connectivity index (χ2n) is 7.51. The SMILES string of the molecule is CC(C)CCn1c(C(Sc2ccccc2)c2ccccc2)nc2ccccc21. The molecular formula is C25H26N2S. The Labute approximate surface area is 171 Å². The van der Waals surface area contributed by atoms with E-state index in [-0.39, 0.29) is 5.25 Å². The van der Waals surface area contributed by atoms with E-state index in [9.17, 15) is 0 Å². The van der Waals surface area contributed by atoms with Crippen LogP contribution in [-0.4, -0.2) is 9.55 Å². The maximum atomic E-state index is 5.11. The molecule has 0 amide bonds. The molecule has 1 aromatic heterocycles. The van der Waals surface area contributed by atoms with Crippen molar-refractivity contribution in [1.82, 2.24) is 9.55 Å². The Hall–Kier alpha value is -2.52. The van der Waals surface area contributed by atoms with Gasteiger partial charge in [-0.25, -0.2) is 4.98 Å². The van der Waals surface area contributed by atoms with Gasteiger partial charge in [0.2, 0.25) is 0 Å². The van der Waals surface area contributed by atoms with Gasteiger partial charge in [0.15, 0.2) is 0 Å². The molecule has 3 heteroatoms. The Morgan fingerprint density at radius 1 is 0.821 bits per heavy atom. The fourth-order valence-corrected chi connectivity index (χ4v) is 4.61. The van der Waals surface area contributed by atoms with E-state index in [2.05, 4.69) is 103 Å². The minimum absolute atomic E-state index is 0.156. The number of rotatable bonds is 7. The lowest BCUT2D eigenvalue weighted by atomic mass is 10.1. The topological polar surface area (TPSA) is 17.8 Å². The van der Waals surface area contributed by atoms with Gasteiger partial charge in [-0.15, -0.1) is 11.8 Å². The monoisotopic (exact) mass is 386 g/mol. The first-order valence-electron chi connectivity index (χ1n) is 9.94. The zero-order valence-corrected chi connectivity index (χ0v) is 17.3. The van der Waals surface area contributed by atoms with Crippen molar-refractivity contribution in [2.45, 2.75) is 37.0 Å². The summed E-state index contributed by atoms with van der Waals surface area (Å²) < 4.78 is 2.43. The van der Waals surface area contributed by atoms with E-state index in [1.165, 1.54) is 16.0 Å². The van der Waals surface area contributed by atoms with Crippen LogP contribution in [0.1, 0.15) is 36.9 Å². The van der Waals surface area contributed by atoms with Gasteiger partial charge in [0.05, 0.1) is 16.3 Å². The van der Waals surface area contributed by atoms with Crippen molar-refractivity contribution in [2.24, 2.45) is 5.92 Å². The second kappa shape index (κ2) is 8.66. The van der Waals surface area contributed by atoms with Gasteiger partial charge in [-0.2, -0.15) is 0 Å². The summed E-state index contributed by atoms with van der Waals surface area (Å²) >= 11 is 1.88. The highest BCUT2D eigenvalue weighted by atomic mass is 32.2. The fourth-order valence-electron chi connectivity index (χ4n) is 3.45. The highest BCUT2D eigenvalue weighted by molar-refractivity contribution is 7.99. The number of aryl methyl sites for hydroxylation is 1. The highest BCUT2D eigenvalue weighted by Crippen LogP contribution is 2.41. The fraction of sp³-hybridized carbons (Fsp3) is 0.240. The lowest BCUT2D eigenvalue weighted by Crippen LogP contribution is -2.10. The average molecular weight is 387 g/mol. The van der Waals surface area contributed by atoms with Gasteiger partial charge in [0.25, 0.3) is 0 Å². The number of fused-ring (bicyclic) bond motifs is 1. The predicted molar refractivity (Wildman–Crippen MR) is 120 cm³/mol. The van der Waals surface area contributed by atoms with Crippen molar-refractivity contribution in [3.63, 3.8) is 0 Å². The zero-order valence-electron chi connectivity index (χ0n) is 16.5. The van der Waals surface area contributed by atoms with Gasteiger partial charge in [-0.3, -0.25) is 0 Å². The zero-order chi connectivity index (χ0) is 19.3. The van der Waals surface area contributed by atoms with E-state index in [1.807, 2.05) is 11.8 Å². The van der Waals surface area contributed by atoms with Crippen LogP contribution in [0.25, 0.3) is 11.0 Å². The highest BCUT2D eigenvalue weighted by Gasteiger charge is 2.23. The van der Waals surface area contributed by atoms with Crippen LogP contribution in [0.2, 0.25) is 0 Å². The molecule has 4 rings (SSSR count). The number of hydrogen-bond donors (Lipinski definition) is 0. The van der Waals surface area contributed by atoms with E-state index in [1.54, 1.807) is 0 Å². The lowest BCUT2D eigenvalue weighted by Gasteiger charge is -2.19. The van der Waals surface area contributed by atoms with Crippen LogP contribution in [0.3, 0.4) is 0 Å². The van der Waals surface area contributed by atoms with Crippen LogP contribution in [0.4, 0.5) is 0 Å². The van der Waals surface area contributed by atoms with E-state index in [0.29, 0.717) is 5.92 Å². The third kappa shape index (κ3) is 4.15. The molecule has 142 valence electrons. The number of imidazole rings is 1. The molecule has 0 saturated heterocycles. The smallest absolute Gasteiger partial charge is 0.127 e. The van der Waals surface area contributed by atoms with Gasteiger partial charge in [0.1, 0.15) is 5.82 Å². The minimum atomic E-state index is 0.156. The normalized spacial score (nSPS) is 12.5. The number of hydrogen-bond acceptors (Lipinski definition) is 2. The maximum Gasteiger partial charge on any atom is 0.127 e. The molecule has 1 unspecified atom stereocenters. The largest absolute Gasteiger partial charge is 0.327 e. The van der Waals surface area contributed by atoms with Gasteiger partial charge < -0.3 is 4.57 Å². The third-order valence-corrected chi connectivity index (χ3v) is 6.21. The summed E-state index contributed by atoms with van der Waals surface area (Å²) in [5, 5.41) is 0.156. The van der Waals surface area contributed by atoms with E-state index >= 15 is 0 Å². The second-order valence-corrected chi connectivity index (χ2v) is 8.69. The lowest BCUT2D eigenvalue weighted by molar-refractivity contribution is 0.514. The molecule has 0 radical (unpaired) electrons. The maximum absolute atomic E-state index is 5.11. The first-order valence-corrected chi connectivity index (χ1v) is 10.8. The molecule has 1 atom stereocenters. The molecule has 0 saturated carbocycles. The Balaban J connectivity index is 1.83. The number of nitrogens with zero attached hydrogens (tertiary/aromatic N) is 2. The van der Waals surface area contributed by atoms with Crippen LogP contribution in [0.15, 0.2) is 89.8 Å². The van der Waals surface area contributed by atoms with E-state index < -0.39 is 0 Å². The van der Waals surface area contributed by atoms with Gasteiger partial charge in [-0.1, -0.05) is 74.5 Å². The van der Waals surface area contributed by atoms with Gasteiger partial charge in [-0.05, 0) is 42.2 Å². The van der Waals surface area contributed by atoms with Gasteiger partial charge >= 0.3 is 0 Å². The summed E-state index contributed by atoms with van der Waals surface area (Å²) in [6, 6.07) is 29.9. The summed E-state index contributed by atoms with van der Waals surface area (Å²) in [7, 11) is 0. The molecule has 0 N–H and O–H groups in total. The van der Waals surface area contributed by atoms with Crippen molar-refractivity contribution < 1.29 is 0 Å². The summed E-state index contributed by atoms with van der Waals surface area (Å²) in [6.07, 6.45) is 1.14. The Morgan fingerprint density at radius 2 is 1.46 bits per heavy atom. The first-order chi connectivity index (χ1) is 13.7. The third-order valence-electron chi connectivity index (χ3n) is 4.95. The quantitative estimate of drug-likeness (QED) is 0.319. The molecule has 0 aliphatic heterocycles. The van der Waals surface area contributed by atoms with Crippen LogP contribution in [0, 0.1) is 5.92 Å². The van der Waals surface area contributed by atoms with Crippen molar-refractivity contribution >= 4 is 22.8 Å². The molecule has 1 heterocycles. The summed E-state index contributed by atoms with van der Waals surface area (Å²) in [5.41, 5.74) is 3.60. The van der Waals surface area contributed by atoms with Crippen molar-refractivity contribution in [2.75, 3.05) is 0 Å². The molecule has 0 aliphatic rings. The number of para-hydroxylation sites is 2. The molecule has 0 aliphatic carbocycles. The molecule has 4 aromatic rings. The summed E-state index contributed by atoms with van der Waals surface area (Å²) in [6.45, 7) is 5.56. The molecule has 0 spiro atoms. The summed E-state index contributed by atoms with van der Waals surface area (Å²) in [5.74, 6) is 1.80. The molecule has 3 aromatic carbocycles. The number of thioether (sulfide) groups is 1. The predicted octanol–water partition coefficient (Wildman–Crippen LogP) is 6.96. The standard InChI is InChI=1S/C25H26N2S/c1-19(2)17-18-27-23-16-10-9-15-22(23)26-25(27)24(20-11-5-3-6-12-20)28-21-13-7-4-8-14-21/h3-16,19,24H,17-18H2,1-2H3. The van der Waals surface area contributed by atoms with Crippen molar-refractivity contribution in [3.05, 3.63) is 96.3 Å². The van der Waals surface area contributed by atoms with E-state index in [0.717, 1.165) is 24.3 Å². The Bertz CT molecular complexity index is 1020. The van der Waals surface area contributed by atoms with Crippen molar-refractivity contribution in [3.8, 4) is 0 Å². The molecule has 2 nitrogen and oxygen atoms in total. The number of aromatic nitrogens is 2. The average Bonchev–Trinajstić information content (AvgIpc) is 3.10. The Kier molecular flexibility index (Phi) is 5.82. The Morgan fingerprint density at radius 3 is 2.18 bits per heavy atom. The number of benzene rings is 3. The van der Waals surface area contributed by atoms with Crippen LogP contribution in [-0.2, 0) is 6.54 Å². The molecule has 0 fully saturated rings. The van der Waals surface area contributed by atoms with Crippen LogP contribution in [0.5, 0.6) is 0 Å². The van der Waals surface area contributed by atoms with Crippen molar-refractivity contribution in [1.29, 1.82) is 0 Å².